The predicted molar refractivity (Wildman–Crippen MR) is 115 cm³/mol. The minimum Gasteiger partial charge on any atom is -0.458 e. The fourth-order valence-corrected chi connectivity index (χ4v) is 4.12. The summed E-state index contributed by atoms with van der Waals surface area (Å²) >= 11 is 0. The Balaban J connectivity index is 2.20. The summed E-state index contributed by atoms with van der Waals surface area (Å²) in [5, 5.41) is 0. The zero-order valence-electron chi connectivity index (χ0n) is 19.3. The summed E-state index contributed by atoms with van der Waals surface area (Å²) in [6.45, 7) is 12.0. The topological polar surface area (TPSA) is 99.2 Å². The summed E-state index contributed by atoms with van der Waals surface area (Å²) in [5.74, 6) is -0.553. The quantitative estimate of drug-likeness (QED) is 0.492. The third kappa shape index (κ3) is 7.21. The molecule has 0 saturated carbocycles. The number of esters is 1. The average molecular weight is 456 g/mol. The van der Waals surface area contributed by atoms with Crippen molar-refractivity contribution in [1.29, 1.82) is 0 Å². The molecule has 0 N–H and O–H groups in total. The Morgan fingerprint density at radius 2 is 1.52 bits per heavy atom. The highest BCUT2D eigenvalue weighted by molar-refractivity contribution is 7.86. The molecule has 0 aliphatic carbocycles. The monoisotopic (exact) mass is 455 g/mol. The van der Waals surface area contributed by atoms with Crippen LogP contribution in [0.1, 0.15) is 59.9 Å². The highest BCUT2D eigenvalue weighted by Gasteiger charge is 2.45. The summed E-state index contributed by atoms with van der Waals surface area (Å²) in [6, 6.07) is 4.77. The molecule has 2 atom stereocenters. The van der Waals surface area contributed by atoms with Crippen molar-refractivity contribution >= 4 is 22.2 Å². The summed E-state index contributed by atoms with van der Waals surface area (Å²) in [7, 11) is -4.01. The standard InChI is InChI=1S/C22H33NO7S/c1-15-8-11-17(12-9-15)31(26,27)28-14-16-10-13-18(19(24)29-21(2,3)4)23(16)20(25)30-22(5,6)7/h8-9,11-12,16,18H,10,13-14H2,1-7H3/t16?,18-/m0/s1. The van der Waals surface area contributed by atoms with Gasteiger partial charge in [0, 0.05) is 0 Å². The van der Waals surface area contributed by atoms with E-state index in [0.29, 0.717) is 12.8 Å². The van der Waals surface area contributed by atoms with Gasteiger partial charge in [-0.1, -0.05) is 17.7 Å². The SMILES string of the molecule is Cc1ccc(S(=O)(=O)OCC2CC[C@@H](C(=O)OC(C)(C)C)N2C(=O)OC(C)(C)C)cc1. The first-order valence-electron chi connectivity index (χ1n) is 10.3. The van der Waals surface area contributed by atoms with Crippen LogP contribution in [0.2, 0.25) is 0 Å². The van der Waals surface area contributed by atoms with Crippen LogP contribution in [0.25, 0.3) is 0 Å². The van der Waals surface area contributed by atoms with Gasteiger partial charge in [-0.15, -0.1) is 0 Å². The molecule has 0 spiro atoms. The lowest BCUT2D eigenvalue weighted by Gasteiger charge is -2.32. The first-order chi connectivity index (χ1) is 14.1. The molecule has 1 heterocycles. The minimum absolute atomic E-state index is 0.0311. The van der Waals surface area contributed by atoms with E-state index < -0.39 is 45.5 Å². The number of likely N-dealkylation sites (tertiary alicyclic amines) is 1. The van der Waals surface area contributed by atoms with Gasteiger partial charge in [0.25, 0.3) is 10.1 Å². The Hall–Kier alpha value is -2.13. The molecular formula is C22H33NO7S. The number of rotatable bonds is 5. The van der Waals surface area contributed by atoms with E-state index in [-0.39, 0.29) is 11.5 Å². The maximum atomic E-state index is 12.9. The fraction of sp³-hybridized carbons (Fsp3) is 0.636. The average Bonchev–Trinajstić information content (AvgIpc) is 3.02. The zero-order valence-corrected chi connectivity index (χ0v) is 20.1. The Kier molecular flexibility index (Phi) is 7.43. The van der Waals surface area contributed by atoms with E-state index in [1.54, 1.807) is 53.7 Å². The predicted octanol–water partition coefficient (Wildman–Crippen LogP) is 3.81. The maximum absolute atomic E-state index is 12.9. The molecule has 1 aliphatic heterocycles. The molecule has 0 bridgehead atoms. The van der Waals surface area contributed by atoms with Crippen molar-refractivity contribution in [3.63, 3.8) is 0 Å². The number of carbonyl (C=O) groups excluding carboxylic acids is 2. The Morgan fingerprint density at radius 1 is 0.968 bits per heavy atom. The first-order valence-corrected chi connectivity index (χ1v) is 11.7. The normalized spacial score (nSPS) is 19.9. The number of benzene rings is 1. The molecule has 9 heteroatoms. The second kappa shape index (κ2) is 9.16. The van der Waals surface area contributed by atoms with Gasteiger partial charge in [0.15, 0.2) is 0 Å². The van der Waals surface area contributed by atoms with Crippen molar-refractivity contribution in [2.75, 3.05) is 6.61 Å². The third-order valence-electron chi connectivity index (χ3n) is 4.51. The molecular weight excluding hydrogens is 422 g/mol. The Morgan fingerprint density at radius 3 is 2.03 bits per heavy atom. The molecule has 1 unspecified atom stereocenters. The van der Waals surface area contributed by atoms with Gasteiger partial charge in [0.2, 0.25) is 0 Å². The molecule has 0 aromatic heterocycles. The van der Waals surface area contributed by atoms with E-state index in [9.17, 15) is 18.0 Å². The number of aryl methyl sites for hydroxylation is 1. The number of hydrogen-bond donors (Lipinski definition) is 0. The van der Waals surface area contributed by atoms with E-state index >= 15 is 0 Å². The molecule has 1 saturated heterocycles. The van der Waals surface area contributed by atoms with Gasteiger partial charge >= 0.3 is 12.1 Å². The van der Waals surface area contributed by atoms with Crippen molar-refractivity contribution in [2.45, 2.75) is 89.5 Å². The third-order valence-corrected chi connectivity index (χ3v) is 5.81. The van der Waals surface area contributed by atoms with Gasteiger partial charge in [-0.3, -0.25) is 9.08 Å². The minimum atomic E-state index is -4.01. The molecule has 31 heavy (non-hydrogen) atoms. The van der Waals surface area contributed by atoms with Gasteiger partial charge in [-0.05, 0) is 73.4 Å². The van der Waals surface area contributed by atoms with Crippen LogP contribution in [0.5, 0.6) is 0 Å². The number of ether oxygens (including phenoxy) is 2. The lowest BCUT2D eigenvalue weighted by Crippen LogP contribution is -2.50. The number of nitrogens with zero attached hydrogens (tertiary/aromatic N) is 1. The van der Waals surface area contributed by atoms with Crippen molar-refractivity contribution in [2.24, 2.45) is 0 Å². The summed E-state index contributed by atoms with van der Waals surface area (Å²) < 4.78 is 41.3. The zero-order chi connectivity index (χ0) is 23.6. The number of hydrogen-bond acceptors (Lipinski definition) is 7. The number of carbonyl (C=O) groups is 2. The summed E-state index contributed by atoms with van der Waals surface area (Å²) in [6.07, 6.45) is 0.00137. The highest BCUT2D eigenvalue weighted by atomic mass is 32.2. The van der Waals surface area contributed by atoms with Crippen molar-refractivity contribution in [3.05, 3.63) is 29.8 Å². The smallest absolute Gasteiger partial charge is 0.411 e. The maximum Gasteiger partial charge on any atom is 0.411 e. The van der Waals surface area contributed by atoms with Crippen LogP contribution in [0.3, 0.4) is 0 Å². The van der Waals surface area contributed by atoms with E-state index in [4.69, 9.17) is 13.7 Å². The molecule has 1 fully saturated rings. The van der Waals surface area contributed by atoms with Gasteiger partial charge in [0.05, 0.1) is 17.5 Å². The molecule has 8 nitrogen and oxygen atoms in total. The molecule has 1 amide bonds. The van der Waals surface area contributed by atoms with Crippen LogP contribution in [0.4, 0.5) is 4.79 Å². The van der Waals surface area contributed by atoms with Gasteiger partial charge in [-0.2, -0.15) is 8.42 Å². The van der Waals surface area contributed by atoms with E-state index in [2.05, 4.69) is 0 Å². The largest absolute Gasteiger partial charge is 0.458 e. The van der Waals surface area contributed by atoms with Crippen LogP contribution < -0.4 is 0 Å². The van der Waals surface area contributed by atoms with E-state index in [0.717, 1.165) is 5.56 Å². The Bertz CT molecular complexity index is 895. The molecule has 1 aromatic carbocycles. The van der Waals surface area contributed by atoms with Crippen LogP contribution in [-0.2, 0) is 28.6 Å². The molecule has 2 rings (SSSR count). The van der Waals surface area contributed by atoms with Crippen LogP contribution in [0, 0.1) is 6.92 Å². The second-order valence-corrected chi connectivity index (χ2v) is 11.3. The van der Waals surface area contributed by atoms with Gasteiger partial charge in [0.1, 0.15) is 17.2 Å². The van der Waals surface area contributed by atoms with Crippen LogP contribution >= 0.6 is 0 Å². The summed E-state index contributed by atoms with van der Waals surface area (Å²) in [4.78, 5) is 26.9. The Labute approximate surface area is 185 Å². The van der Waals surface area contributed by atoms with E-state index in [1.165, 1.54) is 17.0 Å². The van der Waals surface area contributed by atoms with Crippen molar-refractivity contribution < 1.29 is 31.7 Å². The summed E-state index contributed by atoms with van der Waals surface area (Å²) in [5.41, 5.74) is -0.580. The van der Waals surface area contributed by atoms with Crippen LogP contribution in [0.15, 0.2) is 29.2 Å². The molecule has 1 aromatic rings. The lowest BCUT2D eigenvalue weighted by molar-refractivity contribution is -0.160. The van der Waals surface area contributed by atoms with Gasteiger partial charge < -0.3 is 9.47 Å². The fourth-order valence-electron chi connectivity index (χ4n) is 3.18. The molecule has 174 valence electrons. The molecule has 0 radical (unpaired) electrons. The second-order valence-electron chi connectivity index (χ2n) is 9.72. The van der Waals surface area contributed by atoms with Crippen LogP contribution in [-0.4, -0.2) is 55.3 Å². The molecule has 1 aliphatic rings. The lowest BCUT2D eigenvalue weighted by atomic mass is 10.1. The van der Waals surface area contributed by atoms with Crippen molar-refractivity contribution in [1.82, 2.24) is 4.90 Å². The van der Waals surface area contributed by atoms with Gasteiger partial charge in [-0.25, -0.2) is 9.59 Å². The van der Waals surface area contributed by atoms with E-state index in [1.807, 2.05) is 6.92 Å². The number of amides is 1. The van der Waals surface area contributed by atoms with Crippen molar-refractivity contribution in [3.8, 4) is 0 Å². The highest BCUT2D eigenvalue weighted by Crippen LogP contribution is 2.29. The first kappa shape index (κ1) is 25.1.